The third-order valence-electron chi connectivity index (χ3n) is 5.04. The molecule has 1 aromatic carbocycles. The van der Waals surface area contributed by atoms with Gasteiger partial charge in [0.15, 0.2) is 5.78 Å². The Morgan fingerprint density at radius 1 is 1.30 bits per heavy atom. The summed E-state index contributed by atoms with van der Waals surface area (Å²) in [6, 6.07) is 4.83. The first kappa shape index (κ1) is 19.4. The molecule has 1 aromatic rings. The van der Waals surface area contributed by atoms with Crippen molar-refractivity contribution in [2.75, 3.05) is 13.1 Å². The summed E-state index contributed by atoms with van der Waals surface area (Å²) in [5.74, 6) is -0.646. The summed E-state index contributed by atoms with van der Waals surface area (Å²) in [7, 11) is 0. The van der Waals surface area contributed by atoms with Crippen LogP contribution in [0.15, 0.2) is 29.8 Å². The van der Waals surface area contributed by atoms with E-state index in [1.807, 2.05) is 6.07 Å². The van der Waals surface area contributed by atoms with E-state index in [2.05, 4.69) is 0 Å². The van der Waals surface area contributed by atoms with Crippen molar-refractivity contribution in [1.29, 1.82) is 5.26 Å². The van der Waals surface area contributed by atoms with Crippen LogP contribution in [0.25, 0.3) is 0 Å². The van der Waals surface area contributed by atoms with E-state index in [-0.39, 0.29) is 16.9 Å². The van der Waals surface area contributed by atoms with E-state index in [0.29, 0.717) is 19.5 Å². The average Bonchev–Trinajstić information content (AvgIpc) is 2.53. The Hall–Kier alpha value is -2.33. The average molecular weight is 397 g/mol. The summed E-state index contributed by atoms with van der Waals surface area (Å²) in [4.78, 5) is 26.3. The third-order valence-corrected chi connectivity index (χ3v) is 5.36. The lowest BCUT2D eigenvalue weighted by Gasteiger charge is -2.53. The van der Waals surface area contributed by atoms with E-state index in [0.717, 1.165) is 18.2 Å². The van der Waals surface area contributed by atoms with Gasteiger partial charge in [0.2, 0.25) is 0 Å². The van der Waals surface area contributed by atoms with Crippen LogP contribution in [0.5, 0.6) is 0 Å². The molecule has 0 atom stereocenters. The van der Waals surface area contributed by atoms with Crippen LogP contribution < -0.4 is 0 Å². The molecule has 0 bridgehead atoms. The van der Waals surface area contributed by atoms with E-state index in [1.165, 1.54) is 4.90 Å². The fraction of sp³-hybridized carbons (Fsp3) is 0.421. The van der Waals surface area contributed by atoms with Gasteiger partial charge in [0, 0.05) is 29.5 Å². The van der Waals surface area contributed by atoms with E-state index in [9.17, 15) is 28.0 Å². The minimum absolute atomic E-state index is 0.0680. The predicted molar refractivity (Wildman–Crippen MR) is 91.9 cm³/mol. The first-order chi connectivity index (χ1) is 12.4. The zero-order valence-electron chi connectivity index (χ0n) is 14.7. The summed E-state index contributed by atoms with van der Waals surface area (Å²) in [5, 5.41) is 8.67. The van der Waals surface area contributed by atoms with Gasteiger partial charge in [-0.2, -0.15) is 18.4 Å². The number of benzene rings is 1. The second kappa shape index (κ2) is 6.10. The lowest BCUT2D eigenvalue weighted by Crippen LogP contribution is -2.60. The van der Waals surface area contributed by atoms with Crippen molar-refractivity contribution in [3.63, 3.8) is 0 Å². The highest BCUT2D eigenvalue weighted by molar-refractivity contribution is 6.31. The third kappa shape index (κ3) is 3.34. The number of nitrogens with zero attached hydrogens (tertiary/aromatic N) is 2. The molecule has 1 saturated heterocycles. The number of ketones is 1. The molecule has 0 aromatic heterocycles. The van der Waals surface area contributed by atoms with Gasteiger partial charge in [-0.05, 0) is 24.6 Å². The molecule has 0 unspecified atom stereocenters. The van der Waals surface area contributed by atoms with Crippen LogP contribution in [-0.2, 0) is 11.0 Å². The fourth-order valence-electron chi connectivity index (χ4n) is 3.95. The van der Waals surface area contributed by atoms with Gasteiger partial charge in [-0.25, -0.2) is 0 Å². The number of nitriles is 1. The lowest BCUT2D eigenvalue weighted by atomic mass is 9.61. The Morgan fingerprint density at radius 2 is 1.93 bits per heavy atom. The zero-order valence-corrected chi connectivity index (χ0v) is 15.4. The van der Waals surface area contributed by atoms with Crippen LogP contribution in [0.1, 0.15) is 36.2 Å². The van der Waals surface area contributed by atoms with Gasteiger partial charge < -0.3 is 4.90 Å². The molecule has 2 aliphatic rings. The standard InChI is InChI=1S/C19H16ClF3N2O2/c1-17(2)8-18(6-12(7-24)15(17)26)9-25(10-18)16(27)11-3-4-13(14(20)5-11)19(21,22)23/h3-6H,8-10H2,1-2H3. The SMILES string of the molecule is CC1(C)CC2(C=C(C#N)C1=O)CN(C(=O)c1ccc(C(F)(F)F)c(Cl)c1)C2. The minimum atomic E-state index is -4.59. The molecule has 3 rings (SSSR count). The van der Waals surface area contributed by atoms with Crippen LogP contribution in [0, 0.1) is 22.2 Å². The molecule has 0 radical (unpaired) electrons. The minimum Gasteiger partial charge on any atom is -0.337 e. The Morgan fingerprint density at radius 3 is 2.44 bits per heavy atom. The van der Waals surface area contributed by atoms with Crippen molar-refractivity contribution in [1.82, 2.24) is 4.90 Å². The number of amides is 1. The molecule has 1 amide bonds. The molecule has 142 valence electrons. The molecule has 4 nitrogen and oxygen atoms in total. The predicted octanol–water partition coefficient (Wildman–Crippen LogP) is 4.25. The number of carbonyl (C=O) groups is 2. The van der Waals surface area contributed by atoms with Crippen molar-refractivity contribution in [2.45, 2.75) is 26.4 Å². The second-order valence-corrected chi connectivity index (χ2v) is 8.18. The van der Waals surface area contributed by atoms with Crippen LogP contribution in [-0.4, -0.2) is 29.7 Å². The normalized spacial score (nSPS) is 20.7. The highest BCUT2D eigenvalue weighted by Gasteiger charge is 2.52. The maximum atomic E-state index is 12.8. The van der Waals surface area contributed by atoms with Gasteiger partial charge in [-0.15, -0.1) is 0 Å². The van der Waals surface area contributed by atoms with Crippen molar-refractivity contribution < 1.29 is 22.8 Å². The molecule has 27 heavy (non-hydrogen) atoms. The van der Waals surface area contributed by atoms with Gasteiger partial charge in [0.25, 0.3) is 5.91 Å². The molecule has 0 N–H and O–H groups in total. The summed E-state index contributed by atoms with van der Waals surface area (Å²) < 4.78 is 38.4. The fourth-order valence-corrected chi connectivity index (χ4v) is 4.24. The maximum Gasteiger partial charge on any atom is 0.417 e. The quantitative estimate of drug-likeness (QED) is 0.713. The number of hydrogen-bond donors (Lipinski definition) is 0. The maximum absolute atomic E-state index is 12.8. The zero-order chi connectivity index (χ0) is 20.2. The monoisotopic (exact) mass is 396 g/mol. The highest BCUT2D eigenvalue weighted by Crippen LogP contribution is 2.48. The van der Waals surface area contributed by atoms with E-state index < -0.39 is 33.5 Å². The molecule has 1 fully saturated rings. The molecule has 8 heteroatoms. The largest absolute Gasteiger partial charge is 0.417 e. The van der Waals surface area contributed by atoms with Gasteiger partial charge >= 0.3 is 6.18 Å². The van der Waals surface area contributed by atoms with E-state index in [4.69, 9.17) is 11.6 Å². The molecular formula is C19H16ClF3N2O2. The van der Waals surface area contributed by atoms with Crippen LogP contribution in [0.4, 0.5) is 13.2 Å². The van der Waals surface area contributed by atoms with Crippen LogP contribution >= 0.6 is 11.6 Å². The molecular weight excluding hydrogens is 381 g/mol. The van der Waals surface area contributed by atoms with E-state index >= 15 is 0 Å². The molecule has 1 aliphatic heterocycles. The second-order valence-electron chi connectivity index (χ2n) is 7.78. The number of hydrogen-bond acceptors (Lipinski definition) is 3. The van der Waals surface area contributed by atoms with Crippen molar-refractivity contribution in [3.05, 3.63) is 46.0 Å². The summed E-state index contributed by atoms with van der Waals surface area (Å²) >= 11 is 5.68. The smallest absolute Gasteiger partial charge is 0.337 e. The van der Waals surface area contributed by atoms with Crippen molar-refractivity contribution in [2.24, 2.45) is 10.8 Å². The molecule has 1 spiro atoms. The number of carbonyl (C=O) groups excluding carboxylic acids is 2. The van der Waals surface area contributed by atoms with Gasteiger partial charge in [-0.3, -0.25) is 9.59 Å². The van der Waals surface area contributed by atoms with E-state index in [1.54, 1.807) is 19.9 Å². The number of likely N-dealkylation sites (tertiary alicyclic amines) is 1. The lowest BCUT2D eigenvalue weighted by molar-refractivity contribution is -0.137. The molecule has 0 saturated carbocycles. The van der Waals surface area contributed by atoms with Crippen LogP contribution in [0.3, 0.4) is 0 Å². The summed E-state index contributed by atoms with van der Waals surface area (Å²) in [5.41, 5.74) is -2.00. The van der Waals surface area contributed by atoms with Crippen molar-refractivity contribution >= 4 is 23.3 Å². The Kier molecular flexibility index (Phi) is 4.39. The molecule has 1 aliphatic carbocycles. The number of halogens is 4. The van der Waals surface area contributed by atoms with Gasteiger partial charge in [0.05, 0.1) is 16.2 Å². The Balaban J connectivity index is 1.79. The van der Waals surface area contributed by atoms with Gasteiger partial charge in [0.1, 0.15) is 6.07 Å². The summed E-state index contributed by atoms with van der Waals surface area (Å²) in [6.45, 7) is 4.13. The number of allylic oxidation sites excluding steroid dienone is 1. The first-order valence-electron chi connectivity index (χ1n) is 8.22. The molecule has 1 heterocycles. The number of Topliss-reactive ketones (excluding diaryl/α,β-unsaturated/α-hetero) is 1. The van der Waals surface area contributed by atoms with Crippen molar-refractivity contribution in [3.8, 4) is 6.07 Å². The Labute approximate surface area is 159 Å². The topological polar surface area (TPSA) is 61.2 Å². The summed E-state index contributed by atoms with van der Waals surface area (Å²) in [6.07, 6.45) is -2.45. The van der Waals surface area contributed by atoms with Gasteiger partial charge in [-0.1, -0.05) is 31.5 Å². The highest BCUT2D eigenvalue weighted by atomic mass is 35.5. The number of alkyl halides is 3. The Bertz CT molecular complexity index is 907. The number of rotatable bonds is 1. The first-order valence-corrected chi connectivity index (χ1v) is 8.60. The van der Waals surface area contributed by atoms with Crippen LogP contribution in [0.2, 0.25) is 5.02 Å².